The SMILES string of the molecule is CCOc1cc(C(=O)Nc2ccc(CC(=O)O)cc2)cc(OCC)c1OCC. The number of carbonyl (C=O) groups excluding carboxylic acids is 1. The van der Waals surface area contributed by atoms with E-state index in [1.807, 2.05) is 20.8 Å². The van der Waals surface area contributed by atoms with Gasteiger partial charge in [-0.3, -0.25) is 9.59 Å². The Bertz CT molecular complexity index is 789. The van der Waals surface area contributed by atoms with Crippen LogP contribution in [0.25, 0.3) is 0 Å². The van der Waals surface area contributed by atoms with Gasteiger partial charge in [0.05, 0.1) is 26.2 Å². The van der Waals surface area contributed by atoms with E-state index in [1.54, 1.807) is 36.4 Å². The highest BCUT2D eigenvalue weighted by atomic mass is 16.5. The first-order chi connectivity index (χ1) is 13.5. The molecule has 0 saturated carbocycles. The number of carboxylic acid groups (broad SMARTS) is 1. The maximum Gasteiger partial charge on any atom is 0.307 e. The van der Waals surface area contributed by atoms with Gasteiger partial charge < -0.3 is 24.6 Å². The number of ether oxygens (including phenoxy) is 3. The van der Waals surface area contributed by atoms with Crippen LogP contribution >= 0.6 is 0 Å². The van der Waals surface area contributed by atoms with Gasteiger partial charge in [-0.2, -0.15) is 0 Å². The zero-order chi connectivity index (χ0) is 20.5. The van der Waals surface area contributed by atoms with Crippen molar-refractivity contribution in [1.29, 1.82) is 0 Å². The lowest BCUT2D eigenvalue weighted by Gasteiger charge is -2.17. The van der Waals surface area contributed by atoms with Crippen molar-refractivity contribution in [3.63, 3.8) is 0 Å². The largest absolute Gasteiger partial charge is 0.490 e. The molecule has 0 fully saturated rings. The third-order valence-electron chi connectivity index (χ3n) is 3.74. The molecule has 7 heteroatoms. The third kappa shape index (κ3) is 5.64. The van der Waals surface area contributed by atoms with Gasteiger partial charge in [0.25, 0.3) is 5.91 Å². The lowest BCUT2D eigenvalue weighted by molar-refractivity contribution is -0.136. The minimum Gasteiger partial charge on any atom is -0.490 e. The van der Waals surface area contributed by atoms with Crippen molar-refractivity contribution in [2.24, 2.45) is 0 Å². The molecule has 2 rings (SSSR count). The smallest absolute Gasteiger partial charge is 0.307 e. The minimum atomic E-state index is -0.905. The molecule has 0 spiro atoms. The molecule has 150 valence electrons. The summed E-state index contributed by atoms with van der Waals surface area (Å²) in [6.45, 7) is 6.83. The molecule has 28 heavy (non-hydrogen) atoms. The summed E-state index contributed by atoms with van der Waals surface area (Å²) in [5.74, 6) is 0.115. The molecule has 0 heterocycles. The predicted molar refractivity (Wildman–Crippen MR) is 106 cm³/mol. The van der Waals surface area contributed by atoms with Crippen LogP contribution in [-0.4, -0.2) is 36.8 Å². The molecule has 2 aromatic rings. The molecule has 0 aliphatic rings. The van der Waals surface area contributed by atoms with Gasteiger partial charge in [-0.05, 0) is 50.6 Å². The molecule has 0 radical (unpaired) electrons. The summed E-state index contributed by atoms with van der Waals surface area (Å²) < 4.78 is 16.9. The first kappa shape index (κ1) is 21.1. The quantitative estimate of drug-likeness (QED) is 0.645. The van der Waals surface area contributed by atoms with Gasteiger partial charge in [0, 0.05) is 11.3 Å². The maximum atomic E-state index is 12.7. The van der Waals surface area contributed by atoms with Crippen LogP contribution in [0.1, 0.15) is 36.7 Å². The Kier molecular flexibility index (Phi) is 7.68. The summed E-state index contributed by atoms with van der Waals surface area (Å²) in [6.07, 6.45) is -0.0669. The van der Waals surface area contributed by atoms with Crippen LogP contribution in [0.15, 0.2) is 36.4 Å². The van der Waals surface area contributed by atoms with Crippen LogP contribution in [0.5, 0.6) is 17.2 Å². The van der Waals surface area contributed by atoms with E-state index in [-0.39, 0.29) is 12.3 Å². The molecule has 0 atom stereocenters. The Hall–Kier alpha value is -3.22. The van der Waals surface area contributed by atoms with E-state index < -0.39 is 5.97 Å². The lowest BCUT2D eigenvalue weighted by Crippen LogP contribution is -2.13. The molecule has 2 N–H and O–H groups in total. The van der Waals surface area contributed by atoms with Crippen molar-refractivity contribution in [2.75, 3.05) is 25.1 Å². The average molecular weight is 387 g/mol. The predicted octanol–water partition coefficient (Wildman–Crippen LogP) is 3.76. The summed E-state index contributed by atoms with van der Waals surface area (Å²) in [5.41, 5.74) is 1.58. The highest BCUT2D eigenvalue weighted by Crippen LogP contribution is 2.39. The normalized spacial score (nSPS) is 10.2. The molecule has 0 aromatic heterocycles. The van der Waals surface area contributed by atoms with Crippen LogP contribution < -0.4 is 19.5 Å². The highest BCUT2D eigenvalue weighted by Gasteiger charge is 2.18. The van der Waals surface area contributed by atoms with E-state index in [2.05, 4.69) is 5.32 Å². The summed E-state index contributed by atoms with van der Waals surface area (Å²) in [7, 11) is 0. The number of hydrogen-bond acceptors (Lipinski definition) is 5. The number of benzene rings is 2. The van der Waals surface area contributed by atoms with Gasteiger partial charge in [0.2, 0.25) is 5.75 Å². The van der Waals surface area contributed by atoms with Crippen molar-refractivity contribution in [3.05, 3.63) is 47.5 Å². The molecule has 0 unspecified atom stereocenters. The van der Waals surface area contributed by atoms with E-state index in [0.29, 0.717) is 53.9 Å². The van der Waals surface area contributed by atoms with E-state index >= 15 is 0 Å². The summed E-state index contributed by atoms with van der Waals surface area (Å²) in [5, 5.41) is 11.6. The zero-order valence-corrected chi connectivity index (χ0v) is 16.3. The first-order valence-corrected chi connectivity index (χ1v) is 9.16. The van der Waals surface area contributed by atoms with Crippen LogP contribution in [0.4, 0.5) is 5.69 Å². The summed E-state index contributed by atoms with van der Waals surface area (Å²) >= 11 is 0. The molecule has 0 saturated heterocycles. The second-order valence-corrected chi connectivity index (χ2v) is 5.82. The van der Waals surface area contributed by atoms with Gasteiger partial charge in [-0.25, -0.2) is 0 Å². The minimum absolute atomic E-state index is 0.0669. The fourth-order valence-electron chi connectivity index (χ4n) is 2.60. The van der Waals surface area contributed by atoms with E-state index in [9.17, 15) is 9.59 Å². The fraction of sp³-hybridized carbons (Fsp3) is 0.333. The highest BCUT2D eigenvalue weighted by molar-refractivity contribution is 6.05. The number of nitrogens with one attached hydrogen (secondary N) is 1. The molecule has 0 aliphatic heterocycles. The van der Waals surface area contributed by atoms with Crippen molar-refractivity contribution < 1.29 is 28.9 Å². The lowest BCUT2D eigenvalue weighted by atomic mass is 10.1. The zero-order valence-electron chi connectivity index (χ0n) is 16.3. The average Bonchev–Trinajstić information content (AvgIpc) is 2.65. The topological polar surface area (TPSA) is 94.1 Å². The molecule has 0 aliphatic carbocycles. The molecule has 7 nitrogen and oxygen atoms in total. The second-order valence-electron chi connectivity index (χ2n) is 5.82. The standard InChI is InChI=1S/C21H25NO6/c1-4-26-17-12-15(13-18(27-5-2)20(17)28-6-3)21(25)22-16-9-7-14(8-10-16)11-19(23)24/h7-10,12-13H,4-6,11H2,1-3H3,(H,22,25)(H,23,24). The second kappa shape index (κ2) is 10.2. The monoisotopic (exact) mass is 387 g/mol. The Labute approximate surface area is 164 Å². The number of carboxylic acids is 1. The number of anilines is 1. The maximum absolute atomic E-state index is 12.7. The number of carbonyl (C=O) groups is 2. The van der Waals surface area contributed by atoms with Crippen LogP contribution in [0.2, 0.25) is 0 Å². The van der Waals surface area contributed by atoms with Gasteiger partial charge in [-0.15, -0.1) is 0 Å². The Balaban J connectivity index is 2.27. The van der Waals surface area contributed by atoms with Crippen LogP contribution in [-0.2, 0) is 11.2 Å². The Morgan fingerprint density at radius 1 is 0.893 bits per heavy atom. The Morgan fingerprint density at radius 3 is 1.89 bits per heavy atom. The summed E-state index contributed by atoms with van der Waals surface area (Å²) in [4.78, 5) is 23.5. The van der Waals surface area contributed by atoms with Crippen molar-refractivity contribution in [3.8, 4) is 17.2 Å². The molecule has 2 aromatic carbocycles. The Morgan fingerprint density at radius 2 is 1.43 bits per heavy atom. The number of rotatable bonds is 10. The summed E-state index contributed by atoms with van der Waals surface area (Å²) in [6, 6.07) is 9.89. The number of hydrogen-bond donors (Lipinski definition) is 2. The van der Waals surface area contributed by atoms with E-state index in [4.69, 9.17) is 19.3 Å². The number of aliphatic carboxylic acids is 1. The van der Waals surface area contributed by atoms with Gasteiger partial charge in [0.15, 0.2) is 11.5 Å². The number of amides is 1. The van der Waals surface area contributed by atoms with Gasteiger partial charge >= 0.3 is 5.97 Å². The molecule has 1 amide bonds. The molecule has 0 bridgehead atoms. The molecular weight excluding hydrogens is 362 g/mol. The molecular formula is C21H25NO6. The fourth-order valence-corrected chi connectivity index (χ4v) is 2.60. The van der Waals surface area contributed by atoms with Gasteiger partial charge in [0.1, 0.15) is 0 Å². The van der Waals surface area contributed by atoms with Crippen LogP contribution in [0, 0.1) is 0 Å². The van der Waals surface area contributed by atoms with E-state index in [1.165, 1.54) is 0 Å². The van der Waals surface area contributed by atoms with Crippen molar-refractivity contribution >= 4 is 17.6 Å². The third-order valence-corrected chi connectivity index (χ3v) is 3.74. The van der Waals surface area contributed by atoms with Crippen molar-refractivity contribution in [1.82, 2.24) is 0 Å². The van der Waals surface area contributed by atoms with Crippen LogP contribution in [0.3, 0.4) is 0 Å². The first-order valence-electron chi connectivity index (χ1n) is 9.16. The van der Waals surface area contributed by atoms with E-state index in [0.717, 1.165) is 0 Å². The van der Waals surface area contributed by atoms with Crippen molar-refractivity contribution in [2.45, 2.75) is 27.2 Å². The van der Waals surface area contributed by atoms with Gasteiger partial charge in [-0.1, -0.05) is 12.1 Å².